The molecule has 2 N–H and O–H groups in total. The van der Waals surface area contributed by atoms with Crippen LogP contribution >= 0.6 is 0 Å². The van der Waals surface area contributed by atoms with E-state index < -0.39 is 25.1 Å². The third-order valence-corrected chi connectivity index (χ3v) is 10.5. The number of unbranched alkanes of at least 4 members (excludes halogenated alkanes) is 12. The van der Waals surface area contributed by atoms with Crippen LogP contribution in [-0.2, 0) is 33.1 Å². The fourth-order valence-electron chi connectivity index (χ4n) is 5.91. The maximum Gasteiger partial charge on any atom is 2.00 e. The van der Waals surface area contributed by atoms with Crippen molar-refractivity contribution in [3.8, 4) is 34.5 Å². The van der Waals surface area contributed by atoms with Gasteiger partial charge in [0.25, 0.3) is 10.1 Å². The van der Waals surface area contributed by atoms with Crippen molar-refractivity contribution in [2.75, 3.05) is 0 Å². The number of phenolic OH excluding ortho intramolecular Hbond substituents is 1. The molecule has 0 fully saturated rings. The summed E-state index contributed by atoms with van der Waals surface area (Å²) in [7, 11) is -9.08. The summed E-state index contributed by atoms with van der Waals surface area (Å²) in [6.07, 6.45) is 18.3. The van der Waals surface area contributed by atoms with E-state index in [0.717, 1.165) is 49.7 Å². The molecule has 0 amide bonds. The summed E-state index contributed by atoms with van der Waals surface area (Å²) in [4.78, 5) is -0.698. The Morgan fingerprint density at radius 1 is 0.564 bits per heavy atom. The molecule has 4 rings (SSSR count). The average Bonchev–Trinajstić information content (AvgIpc) is 3.10. The zero-order valence-electron chi connectivity index (χ0n) is 32.1. The minimum absolute atomic E-state index is 0. The summed E-state index contributed by atoms with van der Waals surface area (Å²) in [5, 5.41) is 21.0. The molecule has 4 aromatic carbocycles. The maximum atomic E-state index is 11.6. The van der Waals surface area contributed by atoms with Crippen LogP contribution in [0.1, 0.15) is 115 Å². The van der Waals surface area contributed by atoms with E-state index in [9.17, 15) is 36.2 Å². The molecular weight excluding hydrogens is 769 g/mol. The number of ether oxygens (including phenoxy) is 2. The second-order valence-corrected chi connectivity index (χ2v) is 16.1. The summed E-state index contributed by atoms with van der Waals surface area (Å²) >= 11 is 0. The monoisotopic (exact) mass is 822 g/mol. The van der Waals surface area contributed by atoms with Gasteiger partial charge >= 0.3 is 37.7 Å². The molecule has 0 aliphatic heterocycles. The minimum atomic E-state index is -4.67. The van der Waals surface area contributed by atoms with Gasteiger partial charge < -0.3 is 24.2 Å². The Labute approximate surface area is 357 Å². The van der Waals surface area contributed by atoms with Crippen molar-refractivity contribution in [3.05, 3.63) is 96.1 Å². The fourth-order valence-corrected chi connectivity index (χ4v) is 7.08. The SMILES string of the molecule is CCCCCCCCCc1ccc(S(=O)(=O)O)c(Oc2cccc(O)c2)c1.CCCCCCCCCc1ccc(S(=O)(=O)[O-])c(Oc2cccc([O-])c2)c1.[Ca+2]. The Morgan fingerprint density at radius 3 is 1.45 bits per heavy atom. The molecular formula is C42H54CaO10S2. The maximum absolute atomic E-state index is 11.6. The number of rotatable bonds is 22. The molecule has 0 aromatic heterocycles. The van der Waals surface area contributed by atoms with Crippen LogP contribution in [0.25, 0.3) is 0 Å². The van der Waals surface area contributed by atoms with E-state index in [2.05, 4.69) is 13.8 Å². The molecule has 55 heavy (non-hydrogen) atoms. The zero-order valence-corrected chi connectivity index (χ0v) is 35.9. The minimum Gasteiger partial charge on any atom is -0.872 e. The van der Waals surface area contributed by atoms with E-state index in [1.165, 1.54) is 107 Å². The summed E-state index contributed by atoms with van der Waals surface area (Å²) in [5.41, 5.74) is 1.86. The molecule has 0 unspecified atom stereocenters. The quantitative estimate of drug-likeness (QED) is 0.0441. The van der Waals surface area contributed by atoms with E-state index in [1.54, 1.807) is 42.5 Å². The molecule has 0 aliphatic carbocycles. The second kappa shape index (κ2) is 25.4. The number of aryl methyl sites for hydroxylation is 2. The van der Waals surface area contributed by atoms with E-state index >= 15 is 0 Å². The molecule has 0 saturated heterocycles. The standard InChI is InChI=1S/2C21H28O5S.Ca/c2*1-2-3-4-5-6-7-8-10-17-13-14-21(27(23,24)25)20(15-17)26-19-12-9-11-18(22)16-19;/h2*9,11-16,22H,2-8,10H2,1H3,(H,23,24,25);/q;;+2/p-2. The smallest absolute Gasteiger partial charge is 0.872 e. The first-order valence-electron chi connectivity index (χ1n) is 18.9. The second-order valence-electron chi connectivity index (χ2n) is 13.4. The van der Waals surface area contributed by atoms with Crippen molar-refractivity contribution in [1.29, 1.82) is 0 Å². The Morgan fingerprint density at radius 2 is 1.00 bits per heavy atom. The topological polar surface area (TPSA) is 173 Å². The first-order valence-corrected chi connectivity index (χ1v) is 21.8. The van der Waals surface area contributed by atoms with Gasteiger partial charge in [-0.2, -0.15) is 8.42 Å². The van der Waals surface area contributed by atoms with Gasteiger partial charge in [0.1, 0.15) is 43.8 Å². The van der Waals surface area contributed by atoms with Gasteiger partial charge in [-0.05, 0) is 85.3 Å². The number of hydrogen-bond acceptors (Lipinski definition) is 9. The van der Waals surface area contributed by atoms with E-state index in [0.29, 0.717) is 5.75 Å². The van der Waals surface area contributed by atoms with Crippen molar-refractivity contribution < 1.29 is 45.6 Å². The molecule has 4 aromatic rings. The number of hydrogen-bond donors (Lipinski definition) is 2. The van der Waals surface area contributed by atoms with Gasteiger partial charge in [-0.25, -0.2) is 8.42 Å². The number of benzene rings is 4. The van der Waals surface area contributed by atoms with Crippen molar-refractivity contribution in [3.63, 3.8) is 0 Å². The molecule has 0 spiro atoms. The van der Waals surface area contributed by atoms with Crippen LogP contribution in [0.5, 0.6) is 34.5 Å². The molecule has 10 nitrogen and oxygen atoms in total. The average molecular weight is 823 g/mol. The van der Waals surface area contributed by atoms with Crippen LogP contribution in [0.15, 0.2) is 94.7 Å². The van der Waals surface area contributed by atoms with Crippen LogP contribution in [0.2, 0.25) is 0 Å². The van der Waals surface area contributed by atoms with Gasteiger partial charge in [-0.3, -0.25) is 4.55 Å². The van der Waals surface area contributed by atoms with E-state index in [-0.39, 0.29) is 71.4 Å². The third-order valence-electron chi connectivity index (χ3n) is 8.78. The summed E-state index contributed by atoms with van der Waals surface area (Å²) in [6, 6.07) is 21.0. The zero-order chi connectivity index (χ0) is 39.4. The van der Waals surface area contributed by atoms with Crippen molar-refractivity contribution in [2.45, 2.75) is 126 Å². The van der Waals surface area contributed by atoms with Gasteiger partial charge in [-0.15, -0.1) is 5.75 Å². The largest absolute Gasteiger partial charge is 2.00 e. The molecule has 0 radical (unpaired) electrons. The van der Waals surface area contributed by atoms with Gasteiger partial charge in [0.15, 0.2) is 0 Å². The van der Waals surface area contributed by atoms with Crippen molar-refractivity contribution >= 4 is 58.0 Å². The molecule has 0 heterocycles. The van der Waals surface area contributed by atoms with Crippen LogP contribution in [0.3, 0.4) is 0 Å². The van der Waals surface area contributed by atoms with Gasteiger partial charge in [0.05, 0.1) is 4.90 Å². The van der Waals surface area contributed by atoms with Crippen LogP contribution in [0, 0.1) is 0 Å². The predicted octanol–water partition coefficient (Wildman–Crippen LogP) is 10.1. The Balaban J connectivity index is 0.000000373. The van der Waals surface area contributed by atoms with Gasteiger partial charge in [0.2, 0.25) is 0 Å². The normalized spacial score (nSPS) is 11.3. The molecule has 0 atom stereocenters. The summed E-state index contributed by atoms with van der Waals surface area (Å²) in [6.45, 7) is 4.39. The molecule has 0 bridgehead atoms. The number of phenols is 1. The first-order chi connectivity index (χ1) is 25.8. The predicted molar refractivity (Wildman–Crippen MR) is 214 cm³/mol. The Bertz CT molecular complexity index is 1810. The summed E-state index contributed by atoms with van der Waals surface area (Å²) < 4.78 is 78.4. The van der Waals surface area contributed by atoms with Gasteiger partial charge in [0, 0.05) is 6.07 Å². The van der Waals surface area contributed by atoms with Crippen molar-refractivity contribution in [1.82, 2.24) is 0 Å². The molecule has 13 heteroatoms. The fraction of sp³-hybridized carbons (Fsp3) is 0.429. The third kappa shape index (κ3) is 18.8. The van der Waals surface area contributed by atoms with Crippen LogP contribution in [-0.4, -0.2) is 68.8 Å². The van der Waals surface area contributed by atoms with E-state index in [1.807, 2.05) is 0 Å². The first kappa shape index (κ1) is 48.3. The molecule has 0 saturated carbocycles. The number of aromatic hydroxyl groups is 1. The van der Waals surface area contributed by atoms with Crippen LogP contribution in [0.4, 0.5) is 0 Å². The van der Waals surface area contributed by atoms with Crippen LogP contribution < -0.4 is 14.6 Å². The Kier molecular flexibility index (Phi) is 22.3. The van der Waals surface area contributed by atoms with E-state index in [4.69, 9.17) is 9.47 Å². The molecule has 0 aliphatic rings. The van der Waals surface area contributed by atoms with Crippen molar-refractivity contribution in [2.24, 2.45) is 0 Å². The van der Waals surface area contributed by atoms with Gasteiger partial charge in [-0.1, -0.05) is 121 Å². The molecule has 296 valence electrons. The Hall–Kier alpha value is -2.84. The summed E-state index contributed by atoms with van der Waals surface area (Å²) in [5.74, 6) is 0.298.